The summed E-state index contributed by atoms with van der Waals surface area (Å²) in [5.74, 6) is 1.69. The second-order valence-electron chi connectivity index (χ2n) is 6.80. The molecule has 3 aromatic rings. The van der Waals surface area contributed by atoms with Crippen LogP contribution in [0.15, 0.2) is 35.7 Å². The van der Waals surface area contributed by atoms with Crippen LogP contribution in [0.3, 0.4) is 0 Å². The van der Waals surface area contributed by atoms with E-state index in [9.17, 15) is 4.79 Å². The Balaban J connectivity index is 1.58. The minimum absolute atomic E-state index is 0.0839. The molecule has 0 radical (unpaired) electrons. The van der Waals surface area contributed by atoms with E-state index < -0.39 is 0 Å². The first-order chi connectivity index (χ1) is 13.1. The second kappa shape index (κ2) is 7.52. The summed E-state index contributed by atoms with van der Waals surface area (Å²) in [5, 5.41) is 10.3. The SMILES string of the molecule is COc1ccc(-c2csc(-n3nc(C)cc3NC(=O)C3CCCC3)n2)cc1. The van der Waals surface area contributed by atoms with Gasteiger partial charge in [-0.05, 0) is 44.0 Å². The first kappa shape index (κ1) is 17.7. The zero-order valence-electron chi connectivity index (χ0n) is 15.4. The fourth-order valence-corrected chi connectivity index (χ4v) is 4.20. The molecule has 0 unspecified atom stereocenters. The van der Waals surface area contributed by atoms with Crippen LogP contribution < -0.4 is 10.1 Å². The monoisotopic (exact) mass is 382 g/mol. The summed E-state index contributed by atoms with van der Waals surface area (Å²) in [7, 11) is 1.65. The number of hydrogen-bond donors (Lipinski definition) is 1. The van der Waals surface area contributed by atoms with Crippen LogP contribution in [0.25, 0.3) is 16.4 Å². The number of nitrogens with one attached hydrogen (secondary N) is 1. The number of thiazole rings is 1. The molecule has 6 nitrogen and oxygen atoms in total. The predicted octanol–water partition coefficient (Wildman–Crippen LogP) is 4.44. The van der Waals surface area contributed by atoms with Crippen LogP contribution in [0.1, 0.15) is 31.4 Å². The van der Waals surface area contributed by atoms with Gasteiger partial charge in [-0.2, -0.15) is 9.78 Å². The van der Waals surface area contributed by atoms with Gasteiger partial charge in [0.15, 0.2) is 0 Å². The van der Waals surface area contributed by atoms with E-state index >= 15 is 0 Å². The fourth-order valence-electron chi connectivity index (χ4n) is 3.41. The van der Waals surface area contributed by atoms with Gasteiger partial charge in [0.05, 0.1) is 18.5 Å². The van der Waals surface area contributed by atoms with Crippen molar-refractivity contribution >= 4 is 23.1 Å². The molecule has 0 aliphatic heterocycles. The van der Waals surface area contributed by atoms with Crippen LogP contribution >= 0.6 is 11.3 Å². The molecule has 1 aromatic carbocycles. The maximum absolute atomic E-state index is 12.5. The maximum Gasteiger partial charge on any atom is 0.228 e. The molecule has 1 saturated carbocycles. The van der Waals surface area contributed by atoms with Gasteiger partial charge in [-0.25, -0.2) is 4.98 Å². The van der Waals surface area contributed by atoms with E-state index in [1.54, 1.807) is 11.8 Å². The predicted molar refractivity (Wildman–Crippen MR) is 107 cm³/mol. The molecule has 27 heavy (non-hydrogen) atoms. The smallest absolute Gasteiger partial charge is 0.228 e. The van der Waals surface area contributed by atoms with Crippen LogP contribution in [0.5, 0.6) is 5.75 Å². The lowest BCUT2D eigenvalue weighted by molar-refractivity contribution is -0.119. The Morgan fingerprint density at radius 3 is 2.70 bits per heavy atom. The van der Waals surface area contributed by atoms with E-state index in [1.807, 2.05) is 42.6 Å². The number of aromatic nitrogens is 3. The van der Waals surface area contributed by atoms with Crippen molar-refractivity contribution in [3.63, 3.8) is 0 Å². The molecule has 0 spiro atoms. The number of benzene rings is 1. The van der Waals surface area contributed by atoms with Crippen molar-refractivity contribution in [1.82, 2.24) is 14.8 Å². The molecule has 4 rings (SSSR count). The molecule has 0 saturated heterocycles. The summed E-state index contributed by atoms with van der Waals surface area (Å²) in [6.07, 6.45) is 4.21. The summed E-state index contributed by atoms with van der Waals surface area (Å²) >= 11 is 1.50. The number of hydrogen-bond acceptors (Lipinski definition) is 5. The van der Waals surface area contributed by atoms with Crippen LogP contribution in [0, 0.1) is 12.8 Å². The Labute approximate surface area is 162 Å². The molecule has 1 fully saturated rings. The maximum atomic E-state index is 12.5. The average molecular weight is 382 g/mol. The van der Waals surface area contributed by atoms with Crippen LogP contribution in [-0.2, 0) is 4.79 Å². The highest BCUT2D eigenvalue weighted by Crippen LogP contribution is 2.29. The van der Waals surface area contributed by atoms with Crippen molar-refractivity contribution in [3.05, 3.63) is 41.4 Å². The van der Waals surface area contributed by atoms with Crippen LogP contribution in [0.2, 0.25) is 0 Å². The van der Waals surface area contributed by atoms with E-state index in [0.29, 0.717) is 5.82 Å². The van der Waals surface area contributed by atoms with E-state index in [-0.39, 0.29) is 11.8 Å². The average Bonchev–Trinajstić information content (AvgIpc) is 3.42. The molecule has 1 amide bonds. The topological polar surface area (TPSA) is 69.0 Å². The third-order valence-electron chi connectivity index (χ3n) is 4.87. The summed E-state index contributed by atoms with van der Waals surface area (Å²) in [4.78, 5) is 17.2. The standard InChI is InChI=1S/C20H22N4O2S/c1-13-11-18(22-19(25)15-5-3-4-6-15)24(23-13)20-21-17(12-27-20)14-7-9-16(26-2)10-8-14/h7-12,15H,3-6H2,1-2H3,(H,22,25). The fraction of sp³-hybridized carbons (Fsp3) is 0.350. The number of methoxy groups -OCH3 is 1. The highest BCUT2D eigenvalue weighted by molar-refractivity contribution is 7.12. The number of ether oxygens (including phenoxy) is 1. The molecular weight excluding hydrogens is 360 g/mol. The van der Waals surface area contributed by atoms with Gasteiger partial charge >= 0.3 is 0 Å². The van der Waals surface area contributed by atoms with Gasteiger partial charge < -0.3 is 10.1 Å². The second-order valence-corrected chi connectivity index (χ2v) is 7.63. The molecule has 2 aromatic heterocycles. The zero-order chi connectivity index (χ0) is 18.8. The van der Waals surface area contributed by atoms with E-state index in [1.165, 1.54) is 11.3 Å². The van der Waals surface area contributed by atoms with Crippen LogP contribution in [0.4, 0.5) is 5.82 Å². The summed E-state index contributed by atoms with van der Waals surface area (Å²) in [6, 6.07) is 9.68. The minimum Gasteiger partial charge on any atom is -0.497 e. The Hall–Kier alpha value is -2.67. The molecule has 1 aliphatic rings. The third kappa shape index (κ3) is 3.73. The Bertz CT molecular complexity index is 939. The van der Waals surface area contributed by atoms with E-state index in [4.69, 9.17) is 9.72 Å². The van der Waals surface area contributed by atoms with Gasteiger partial charge in [0.1, 0.15) is 11.6 Å². The number of anilines is 1. The lowest BCUT2D eigenvalue weighted by Gasteiger charge is -2.10. The number of rotatable bonds is 5. The first-order valence-electron chi connectivity index (χ1n) is 9.12. The van der Waals surface area contributed by atoms with Gasteiger partial charge in [0.2, 0.25) is 11.0 Å². The summed E-state index contributed by atoms with van der Waals surface area (Å²) < 4.78 is 6.93. The third-order valence-corrected chi connectivity index (χ3v) is 5.68. The highest BCUT2D eigenvalue weighted by Gasteiger charge is 2.24. The summed E-state index contributed by atoms with van der Waals surface area (Å²) in [6.45, 7) is 1.92. The van der Waals surface area contributed by atoms with Crippen molar-refractivity contribution in [1.29, 1.82) is 0 Å². The van der Waals surface area contributed by atoms with Gasteiger partial charge in [-0.3, -0.25) is 4.79 Å². The first-order valence-corrected chi connectivity index (χ1v) is 10.00. The van der Waals surface area contributed by atoms with Gasteiger partial charge in [0, 0.05) is 22.9 Å². The number of carbonyl (C=O) groups excluding carboxylic acids is 1. The Morgan fingerprint density at radius 1 is 1.26 bits per heavy atom. The van der Waals surface area contributed by atoms with Crippen molar-refractivity contribution < 1.29 is 9.53 Å². The molecular formula is C20H22N4O2S. The number of aryl methyl sites for hydroxylation is 1. The summed E-state index contributed by atoms with van der Waals surface area (Å²) in [5.41, 5.74) is 2.73. The van der Waals surface area contributed by atoms with Crippen molar-refractivity contribution in [2.24, 2.45) is 5.92 Å². The van der Waals surface area contributed by atoms with E-state index in [2.05, 4.69) is 10.4 Å². The number of nitrogens with zero attached hydrogens (tertiary/aromatic N) is 3. The number of carbonyl (C=O) groups is 1. The van der Waals surface area contributed by atoms with Gasteiger partial charge in [0.25, 0.3) is 0 Å². The molecule has 0 atom stereocenters. The Morgan fingerprint density at radius 2 is 2.00 bits per heavy atom. The van der Waals surface area contributed by atoms with Crippen LogP contribution in [-0.4, -0.2) is 27.8 Å². The van der Waals surface area contributed by atoms with Gasteiger partial charge in [-0.1, -0.05) is 12.8 Å². The highest BCUT2D eigenvalue weighted by atomic mass is 32.1. The van der Waals surface area contributed by atoms with Crippen molar-refractivity contribution in [2.45, 2.75) is 32.6 Å². The molecule has 2 heterocycles. The minimum atomic E-state index is 0.0839. The normalized spacial score (nSPS) is 14.4. The van der Waals surface area contributed by atoms with Crippen molar-refractivity contribution in [2.75, 3.05) is 12.4 Å². The van der Waals surface area contributed by atoms with E-state index in [0.717, 1.165) is 53.5 Å². The van der Waals surface area contributed by atoms with Gasteiger partial charge in [-0.15, -0.1) is 11.3 Å². The Kier molecular flexibility index (Phi) is 4.94. The lowest BCUT2D eigenvalue weighted by atomic mass is 10.1. The molecule has 140 valence electrons. The molecule has 1 aliphatic carbocycles. The zero-order valence-corrected chi connectivity index (χ0v) is 16.3. The lowest BCUT2D eigenvalue weighted by Crippen LogP contribution is -2.22. The molecule has 1 N–H and O–H groups in total. The number of amides is 1. The quantitative estimate of drug-likeness (QED) is 0.708. The molecule has 0 bridgehead atoms. The van der Waals surface area contributed by atoms with Crippen molar-refractivity contribution in [3.8, 4) is 22.1 Å². The molecule has 7 heteroatoms. The largest absolute Gasteiger partial charge is 0.497 e.